The Hall–Kier alpha value is -3.82. The molecule has 3 rings (SSSR count). The molecule has 2 aromatic rings. The number of hydrogen-bond acceptors (Lipinski definition) is 6. The first-order valence-corrected chi connectivity index (χ1v) is 8.52. The van der Waals surface area contributed by atoms with Gasteiger partial charge in [0.1, 0.15) is 29.1 Å². The number of nitrogens with one attached hydrogen (secondary N) is 3. The molecule has 29 heavy (non-hydrogen) atoms. The van der Waals surface area contributed by atoms with Crippen LogP contribution in [0, 0.1) is 11.6 Å². The Labute approximate surface area is 164 Å². The summed E-state index contributed by atoms with van der Waals surface area (Å²) in [5, 5.41) is 8.52. The summed E-state index contributed by atoms with van der Waals surface area (Å²) in [5.74, 6) is -2.45. The Bertz CT molecular complexity index is 973. The van der Waals surface area contributed by atoms with Gasteiger partial charge in [0, 0.05) is 5.56 Å². The first kappa shape index (κ1) is 19.9. The molecule has 1 heterocycles. The van der Waals surface area contributed by atoms with Gasteiger partial charge in [-0.3, -0.25) is 14.9 Å². The van der Waals surface area contributed by atoms with Crippen LogP contribution in [-0.4, -0.2) is 37.1 Å². The normalized spacial score (nSPS) is 15.8. The average molecular weight is 401 g/mol. The molecule has 0 spiro atoms. The first-order valence-electron chi connectivity index (χ1n) is 8.52. The van der Waals surface area contributed by atoms with Crippen molar-refractivity contribution in [3.8, 4) is 5.75 Å². The molecule has 1 aliphatic heterocycles. The number of hydrazone groups is 1. The van der Waals surface area contributed by atoms with E-state index in [4.69, 9.17) is 4.74 Å². The summed E-state index contributed by atoms with van der Waals surface area (Å²) in [6.45, 7) is 0. The Morgan fingerprint density at radius 3 is 2.69 bits per heavy atom. The Morgan fingerprint density at radius 1 is 1.24 bits per heavy atom. The van der Waals surface area contributed by atoms with Gasteiger partial charge >= 0.3 is 0 Å². The molecular formula is C19H17F2N5O3. The molecule has 0 aliphatic carbocycles. The van der Waals surface area contributed by atoms with Crippen LogP contribution in [0.5, 0.6) is 5.75 Å². The van der Waals surface area contributed by atoms with Gasteiger partial charge in [0.05, 0.1) is 19.7 Å². The molecule has 2 amide bonds. The average Bonchev–Trinajstić information content (AvgIpc) is 3.04. The van der Waals surface area contributed by atoms with Crippen LogP contribution in [0.2, 0.25) is 0 Å². The standard InChI is InChI=1S/C19H17F2N5O3/c1-29-15-8-3-2-5-11(15)10-22-26-19-23-14(18(28)25-19)9-16(27)24-17-12(20)6-4-7-13(17)21/h2-8,10,14H,9H2,1H3,(H,24,27)(H2,23,25,26,28). The lowest BCUT2D eigenvalue weighted by Gasteiger charge is -2.08. The monoisotopic (exact) mass is 401 g/mol. The molecule has 1 unspecified atom stereocenters. The Kier molecular flexibility index (Phi) is 6.12. The van der Waals surface area contributed by atoms with E-state index in [9.17, 15) is 18.4 Å². The highest BCUT2D eigenvalue weighted by atomic mass is 19.1. The van der Waals surface area contributed by atoms with Crippen LogP contribution in [-0.2, 0) is 9.59 Å². The number of ether oxygens (including phenoxy) is 1. The van der Waals surface area contributed by atoms with E-state index in [-0.39, 0.29) is 12.4 Å². The zero-order valence-electron chi connectivity index (χ0n) is 15.3. The zero-order valence-corrected chi connectivity index (χ0v) is 15.3. The van der Waals surface area contributed by atoms with Crippen molar-refractivity contribution in [2.24, 2.45) is 10.1 Å². The van der Waals surface area contributed by atoms with Crippen LogP contribution in [0.4, 0.5) is 14.5 Å². The number of carbonyl (C=O) groups is 2. The van der Waals surface area contributed by atoms with E-state index in [0.29, 0.717) is 11.3 Å². The quantitative estimate of drug-likeness (QED) is 0.507. The van der Waals surface area contributed by atoms with Crippen molar-refractivity contribution in [3.05, 3.63) is 59.7 Å². The number of methoxy groups -OCH3 is 1. The van der Waals surface area contributed by atoms with Crippen LogP contribution >= 0.6 is 0 Å². The van der Waals surface area contributed by atoms with Crippen LogP contribution in [0.3, 0.4) is 0 Å². The topological polar surface area (TPSA) is 104 Å². The molecule has 3 N–H and O–H groups in total. The maximum absolute atomic E-state index is 13.6. The number of carbonyl (C=O) groups excluding carboxylic acids is 2. The van der Waals surface area contributed by atoms with E-state index < -0.39 is 35.2 Å². The molecule has 0 radical (unpaired) electrons. The highest BCUT2D eigenvalue weighted by Crippen LogP contribution is 2.19. The van der Waals surface area contributed by atoms with E-state index in [1.807, 2.05) is 12.1 Å². The van der Waals surface area contributed by atoms with Gasteiger partial charge in [-0.1, -0.05) is 18.2 Å². The van der Waals surface area contributed by atoms with Crippen molar-refractivity contribution in [2.45, 2.75) is 12.5 Å². The lowest BCUT2D eigenvalue weighted by atomic mass is 10.2. The summed E-state index contributed by atoms with van der Waals surface area (Å²) in [6.07, 6.45) is 1.09. The molecule has 1 atom stereocenters. The predicted octanol–water partition coefficient (Wildman–Crippen LogP) is 1.78. The molecule has 0 saturated carbocycles. The number of guanidine groups is 1. The van der Waals surface area contributed by atoms with Crippen molar-refractivity contribution >= 4 is 29.7 Å². The SMILES string of the molecule is COc1ccccc1C=NNC1=NC(CC(=O)Nc2c(F)cccc2F)C(=O)N1. The smallest absolute Gasteiger partial charge is 0.252 e. The second-order valence-corrected chi connectivity index (χ2v) is 5.94. The third-order valence-corrected chi connectivity index (χ3v) is 3.95. The highest BCUT2D eigenvalue weighted by molar-refractivity contribution is 6.07. The van der Waals surface area contributed by atoms with E-state index in [0.717, 1.165) is 12.1 Å². The summed E-state index contributed by atoms with van der Waals surface area (Å²) in [4.78, 5) is 28.0. The lowest BCUT2D eigenvalue weighted by molar-refractivity contribution is -0.123. The highest BCUT2D eigenvalue weighted by Gasteiger charge is 2.29. The fraction of sp³-hybridized carbons (Fsp3) is 0.158. The van der Waals surface area contributed by atoms with Gasteiger partial charge in [-0.25, -0.2) is 19.2 Å². The van der Waals surface area contributed by atoms with Crippen LogP contribution in [0.25, 0.3) is 0 Å². The van der Waals surface area contributed by atoms with Crippen molar-refractivity contribution in [2.75, 3.05) is 12.4 Å². The van der Waals surface area contributed by atoms with Crippen molar-refractivity contribution in [3.63, 3.8) is 0 Å². The summed E-state index contributed by atoms with van der Waals surface area (Å²) in [7, 11) is 1.53. The minimum atomic E-state index is -1.05. The van der Waals surface area contributed by atoms with Gasteiger partial charge < -0.3 is 10.1 Å². The number of nitrogens with zero attached hydrogens (tertiary/aromatic N) is 2. The zero-order chi connectivity index (χ0) is 20.8. The Morgan fingerprint density at radius 2 is 1.97 bits per heavy atom. The number of amides is 2. The maximum atomic E-state index is 13.6. The summed E-state index contributed by atoms with van der Waals surface area (Å²) < 4.78 is 32.4. The molecule has 0 fully saturated rings. The minimum Gasteiger partial charge on any atom is -0.496 e. The first-order chi connectivity index (χ1) is 14.0. The second kappa shape index (κ2) is 8.91. The summed E-state index contributed by atoms with van der Waals surface area (Å²) in [6, 6.07) is 9.34. The molecule has 0 saturated heterocycles. The van der Waals surface area contributed by atoms with E-state index in [1.165, 1.54) is 19.4 Å². The molecule has 150 valence electrons. The number of halogens is 2. The number of para-hydroxylation sites is 2. The fourth-order valence-corrected chi connectivity index (χ4v) is 2.56. The third kappa shape index (κ3) is 4.92. The molecular weight excluding hydrogens is 384 g/mol. The number of aliphatic imine (C=N–C) groups is 1. The Balaban J connectivity index is 1.59. The molecule has 2 aromatic carbocycles. The number of benzene rings is 2. The van der Waals surface area contributed by atoms with Gasteiger partial charge in [0.2, 0.25) is 11.9 Å². The summed E-state index contributed by atoms with van der Waals surface area (Å²) in [5.41, 5.74) is 2.70. The van der Waals surface area contributed by atoms with Gasteiger partial charge in [-0.2, -0.15) is 5.10 Å². The van der Waals surface area contributed by atoms with Crippen molar-refractivity contribution in [1.29, 1.82) is 0 Å². The van der Waals surface area contributed by atoms with Gasteiger partial charge in [0.15, 0.2) is 0 Å². The van der Waals surface area contributed by atoms with Gasteiger partial charge in [0.25, 0.3) is 5.91 Å². The molecule has 0 aromatic heterocycles. The largest absolute Gasteiger partial charge is 0.496 e. The van der Waals surface area contributed by atoms with Crippen molar-refractivity contribution in [1.82, 2.24) is 10.7 Å². The molecule has 1 aliphatic rings. The predicted molar refractivity (Wildman–Crippen MR) is 103 cm³/mol. The molecule has 8 nitrogen and oxygen atoms in total. The van der Waals surface area contributed by atoms with Gasteiger partial charge in [-0.15, -0.1) is 0 Å². The summed E-state index contributed by atoms with van der Waals surface area (Å²) >= 11 is 0. The lowest BCUT2D eigenvalue weighted by Crippen LogP contribution is -2.35. The minimum absolute atomic E-state index is 0.0519. The van der Waals surface area contributed by atoms with E-state index in [1.54, 1.807) is 12.1 Å². The van der Waals surface area contributed by atoms with E-state index in [2.05, 4.69) is 26.2 Å². The van der Waals surface area contributed by atoms with Crippen LogP contribution in [0.15, 0.2) is 52.6 Å². The molecule has 0 bridgehead atoms. The molecule has 10 heteroatoms. The third-order valence-electron chi connectivity index (χ3n) is 3.95. The van der Waals surface area contributed by atoms with Crippen molar-refractivity contribution < 1.29 is 23.1 Å². The maximum Gasteiger partial charge on any atom is 0.252 e. The van der Waals surface area contributed by atoms with Crippen LogP contribution in [0.1, 0.15) is 12.0 Å². The fourth-order valence-electron chi connectivity index (χ4n) is 2.56. The van der Waals surface area contributed by atoms with E-state index >= 15 is 0 Å². The number of anilines is 1. The number of hydrogen-bond donors (Lipinski definition) is 3. The van der Waals surface area contributed by atoms with Gasteiger partial charge in [-0.05, 0) is 24.3 Å². The number of rotatable bonds is 6. The second-order valence-electron chi connectivity index (χ2n) is 5.94. The van der Waals surface area contributed by atoms with Crippen LogP contribution < -0.4 is 20.8 Å².